The van der Waals surface area contributed by atoms with Crippen molar-refractivity contribution < 1.29 is 9.53 Å². The SMILES string of the molecule is COc1ccc(-c2nc3ccccc3c(C(=O)Nc3sc4c(c3C#N)CCCCCC4)c2C)cc1. The molecule has 4 aromatic rings. The van der Waals surface area contributed by atoms with Gasteiger partial charge in [0.05, 0.1) is 29.4 Å². The molecule has 2 aromatic heterocycles. The molecule has 6 heteroatoms. The molecule has 2 heterocycles. The van der Waals surface area contributed by atoms with Gasteiger partial charge < -0.3 is 10.1 Å². The zero-order chi connectivity index (χ0) is 24.4. The highest BCUT2D eigenvalue weighted by atomic mass is 32.1. The third kappa shape index (κ3) is 4.40. The van der Waals surface area contributed by atoms with Gasteiger partial charge in [0.1, 0.15) is 16.8 Å². The summed E-state index contributed by atoms with van der Waals surface area (Å²) in [4.78, 5) is 19.9. The number of hydrogen-bond donors (Lipinski definition) is 1. The molecule has 2 aromatic carbocycles. The van der Waals surface area contributed by atoms with Gasteiger partial charge in [0.25, 0.3) is 5.91 Å². The maximum atomic E-state index is 13.8. The summed E-state index contributed by atoms with van der Waals surface area (Å²) in [6.45, 7) is 1.94. The Morgan fingerprint density at radius 2 is 1.80 bits per heavy atom. The van der Waals surface area contributed by atoms with Crippen LogP contribution in [-0.4, -0.2) is 18.0 Å². The molecule has 0 spiro atoms. The first-order chi connectivity index (χ1) is 17.1. The second kappa shape index (κ2) is 9.89. The molecule has 1 aliphatic rings. The highest BCUT2D eigenvalue weighted by Crippen LogP contribution is 2.38. The largest absolute Gasteiger partial charge is 0.497 e. The molecule has 35 heavy (non-hydrogen) atoms. The zero-order valence-corrected chi connectivity index (χ0v) is 20.8. The number of aryl methyl sites for hydroxylation is 1. The highest BCUT2D eigenvalue weighted by Gasteiger charge is 2.24. The summed E-state index contributed by atoms with van der Waals surface area (Å²) >= 11 is 1.56. The van der Waals surface area contributed by atoms with E-state index >= 15 is 0 Å². The van der Waals surface area contributed by atoms with Gasteiger partial charge in [-0.2, -0.15) is 5.26 Å². The number of rotatable bonds is 4. The maximum absolute atomic E-state index is 13.8. The molecule has 0 aliphatic heterocycles. The number of nitrogens with one attached hydrogen (secondary N) is 1. The summed E-state index contributed by atoms with van der Waals surface area (Å²) in [5.41, 5.74) is 5.59. The lowest BCUT2D eigenvalue weighted by molar-refractivity contribution is 0.102. The fraction of sp³-hybridized carbons (Fsp3) is 0.276. The van der Waals surface area contributed by atoms with E-state index in [9.17, 15) is 10.1 Å². The van der Waals surface area contributed by atoms with Crippen molar-refractivity contribution in [2.45, 2.75) is 45.4 Å². The van der Waals surface area contributed by atoms with Crippen molar-refractivity contribution in [1.82, 2.24) is 4.98 Å². The van der Waals surface area contributed by atoms with E-state index in [0.717, 1.165) is 64.7 Å². The number of aromatic nitrogens is 1. The number of para-hydroxylation sites is 1. The summed E-state index contributed by atoms with van der Waals surface area (Å²) in [5.74, 6) is 0.559. The molecule has 1 amide bonds. The van der Waals surface area contributed by atoms with Crippen LogP contribution >= 0.6 is 11.3 Å². The standard InChI is InChI=1S/C29H27N3O2S/c1-18-26(28(33)32-29-23(17-30)21-9-5-3-4-6-12-25(21)35-29)22-10-7-8-11-24(22)31-27(18)19-13-15-20(34-2)16-14-19/h7-8,10-11,13-16H,3-6,9,12H2,1-2H3,(H,32,33). The van der Waals surface area contributed by atoms with Crippen molar-refractivity contribution in [2.24, 2.45) is 0 Å². The van der Waals surface area contributed by atoms with E-state index in [2.05, 4.69) is 11.4 Å². The summed E-state index contributed by atoms with van der Waals surface area (Å²) in [6, 6.07) is 17.8. The van der Waals surface area contributed by atoms with Crippen LogP contribution in [0.3, 0.4) is 0 Å². The minimum atomic E-state index is -0.207. The van der Waals surface area contributed by atoms with Gasteiger partial charge in [-0.15, -0.1) is 11.3 Å². The summed E-state index contributed by atoms with van der Waals surface area (Å²) in [6.07, 6.45) is 6.51. The van der Waals surface area contributed by atoms with E-state index in [4.69, 9.17) is 9.72 Å². The Morgan fingerprint density at radius 1 is 1.06 bits per heavy atom. The van der Waals surface area contributed by atoms with Gasteiger partial charge in [-0.05, 0) is 74.1 Å². The van der Waals surface area contributed by atoms with Crippen LogP contribution in [0.4, 0.5) is 5.00 Å². The topological polar surface area (TPSA) is 75.0 Å². The predicted octanol–water partition coefficient (Wildman–Crippen LogP) is 7.06. The van der Waals surface area contributed by atoms with Gasteiger partial charge >= 0.3 is 0 Å². The Kier molecular flexibility index (Phi) is 6.52. The van der Waals surface area contributed by atoms with Crippen LogP contribution in [0.2, 0.25) is 0 Å². The van der Waals surface area contributed by atoms with Gasteiger partial charge in [-0.1, -0.05) is 31.0 Å². The van der Waals surface area contributed by atoms with Crippen molar-refractivity contribution in [3.63, 3.8) is 0 Å². The smallest absolute Gasteiger partial charge is 0.257 e. The number of carbonyl (C=O) groups excluding carboxylic acids is 1. The fourth-order valence-electron chi connectivity index (χ4n) is 4.92. The number of pyridine rings is 1. The number of nitriles is 1. The molecule has 0 saturated carbocycles. The minimum absolute atomic E-state index is 0.207. The van der Waals surface area contributed by atoms with Crippen molar-refractivity contribution in [3.05, 3.63) is 75.7 Å². The average molecular weight is 482 g/mol. The van der Waals surface area contributed by atoms with Gasteiger partial charge in [-0.3, -0.25) is 4.79 Å². The Hall–Kier alpha value is -3.69. The maximum Gasteiger partial charge on any atom is 0.257 e. The van der Waals surface area contributed by atoms with Crippen molar-refractivity contribution in [1.29, 1.82) is 5.26 Å². The molecular formula is C29H27N3O2S. The molecule has 1 aliphatic carbocycles. The van der Waals surface area contributed by atoms with Gasteiger partial charge in [-0.25, -0.2) is 4.98 Å². The molecule has 5 nitrogen and oxygen atoms in total. The molecule has 5 rings (SSSR count). The summed E-state index contributed by atoms with van der Waals surface area (Å²) in [5, 5.41) is 14.5. The zero-order valence-electron chi connectivity index (χ0n) is 20.0. The number of nitrogens with zero attached hydrogens (tertiary/aromatic N) is 2. The lowest BCUT2D eigenvalue weighted by Crippen LogP contribution is -2.15. The Bertz CT molecular complexity index is 1450. The van der Waals surface area contributed by atoms with Crippen LogP contribution in [0.5, 0.6) is 5.75 Å². The normalized spacial score (nSPS) is 13.4. The molecule has 0 fully saturated rings. The summed E-state index contributed by atoms with van der Waals surface area (Å²) in [7, 11) is 1.64. The Labute approximate surface area is 209 Å². The number of carbonyl (C=O) groups is 1. The quantitative estimate of drug-likeness (QED) is 0.338. The lowest BCUT2D eigenvalue weighted by atomic mass is 9.96. The van der Waals surface area contributed by atoms with Crippen LogP contribution in [0.25, 0.3) is 22.2 Å². The lowest BCUT2D eigenvalue weighted by Gasteiger charge is -2.15. The molecule has 0 unspecified atom stereocenters. The molecule has 1 N–H and O–H groups in total. The van der Waals surface area contributed by atoms with E-state index in [1.807, 2.05) is 55.5 Å². The van der Waals surface area contributed by atoms with E-state index in [1.165, 1.54) is 17.7 Å². The van der Waals surface area contributed by atoms with Gasteiger partial charge in [0.2, 0.25) is 0 Å². The molecule has 0 atom stereocenters. The van der Waals surface area contributed by atoms with Crippen LogP contribution in [0.1, 0.15) is 57.6 Å². The molecule has 0 bridgehead atoms. The van der Waals surface area contributed by atoms with Gasteiger partial charge in [0, 0.05) is 15.8 Å². The highest BCUT2D eigenvalue weighted by molar-refractivity contribution is 7.16. The van der Waals surface area contributed by atoms with Crippen LogP contribution in [0.15, 0.2) is 48.5 Å². The number of amides is 1. The molecule has 0 saturated heterocycles. The summed E-state index contributed by atoms with van der Waals surface area (Å²) < 4.78 is 5.30. The molecule has 176 valence electrons. The number of hydrogen-bond acceptors (Lipinski definition) is 5. The van der Waals surface area contributed by atoms with Crippen LogP contribution in [0, 0.1) is 18.3 Å². The Balaban J connectivity index is 1.59. The second-order valence-electron chi connectivity index (χ2n) is 8.89. The average Bonchev–Trinajstić information content (AvgIpc) is 3.18. The van der Waals surface area contributed by atoms with Crippen molar-refractivity contribution >= 4 is 33.1 Å². The van der Waals surface area contributed by atoms with Gasteiger partial charge in [0.15, 0.2) is 0 Å². The third-order valence-electron chi connectivity index (χ3n) is 6.74. The molecule has 0 radical (unpaired) electrons. The Morgan fingerprint density at radius 3 is 2.54 bits per heavy atom. The number of anilines is 1. The second-order valence-corrected chi connectivity index (χ2v) is 10.00. The molecular weight excluding hydrogens is 454 g/mol. The van der Waals surface area contributed by atoms with E-state index in [1.54, 1.807) is 18.4 Å². The van der Waals surface area contributed by atoms with E-state index in [-0.39, 0.29) is 5.91 Å². The minimum Gasteiger partial charge on any atom is -0.497 e. The first-order valence-corrected chi connectivity index (χ1v) is 12.8. The van der Waals surface area contributed by atoms with Crippen LogP contribution < -0.4 is 10.1 Å². The predicted molar refractivity (Wildman–Crippen MR) is 141 cm³/mol. The first-order valence-electron chi connectivity index (χ1n) is 12.0. The number of benzene rings is 2. The number of thiophene rings is 1. The fourth-order valence-corrected chi connectivity index (χ4v) is 6.16. The number of methoxy groups -OCH3 is 1. The number of ether oxygens (including phenoxy) is 1. The first kappa shape index (κ1) is 23.1. The number of fused-ring (bicyclic) bond motifs is 2. The van der Waals surface area contributed by atoms with Crippen LogP contribution in [-0.2, 0) is 12.8 Å². The monoisotopic (exact) mass is 481 g/mol. The van der Waals surface area contributed by atoms with Crippen molar-refractivity contribution in [3.8, 4) is 23.1 Å². The van der Waals surface area contributed by atoms with E-state index < -0.39 is 0 Å². The third-order valence-corrected chi connectivity index (χ3v) is 7.94. The van der Waals surface area contributed by atoms with E-state index in [0.29, 0.717) is 16.1 Å². The van der Waals surface area contributed by atoms with Crippen molar-refractivity contribution in [2.75, 3.05) is 12.4 Å².